The third-order valence-corrected chi connectivity index (χ3v) is 8.45. The minimum Gasteiger partial charge on any atom is -0.504 e. The maximum absolute atomic E-state index is 13.2. The highest BCUT2D eigenvalue weighted by atomic mass is 19.4. The van der Waals surface area contributed by atoms with Crippen molar-refractivity contribution in [2.45, 2.75) is 73.5 Å². The molecule has 4 aliphatic rings. The number of carboxylic acid groups (broad SMARTS) is 3. The van der Waals surface area contributed by atoms with E-state index in [1.807, 2.05) is 7.05 Å². The molecule has 2 unspecified atom stereocenters. The van der Waals surface area contributed by atoms with Gasteiger partial charge in [-0.1, -0.05) is 6.07 Å². The van der Waals surface area contributed by atoms with E-state index in [9.17, 15) is 37.5 Å². The first-order valence-corrected chi connectivity index (χ1v) is 13.5. The Morgan fingerprint density at radius 1 is 1.07 bits per heavy atom. The number of likely N-dealkylation sites (tertiary alicyclic amines) is 1. The van der Waals surface area contributed by atoms with Crippen LogP contribution >= 0.6 is 0 Å². The molecule has 1 aromatic rings. The molecule has 2 aliphatic heterocycles. The molecular weight excluding hydrogens is 615 g/mol. The number of carbonyl (C=O) groups is 5. The molecule has 1 saturated heterocycles. The van der Waals surface area contributed by atoms with Crippen molar-refractivity contribution in [2.24, 2.45) is 11.5 Å². The van der Waals surface area contributed by atoms with Gasteiger partial charge in [-0.2, -0.15) is 13.2 Å². The van der Waals surface area contributed by atoms with Crippen LogP contribution in [0.25, 0.3) is 0 Å². The van der Waals surface area contributed by atoms with E-state index in [1.54, 1.807) is 12.1 Å². The highest BCUT2D eigenvalue weighted by Gasteiger charge is 2.74. The van der Waals surface area contributed by atoms with Crippen LogP contribution in [0.1, 0.15) is 36.8 Å². The van der Waals surface area contributed by atoms with Crippen LogP contribution in [-0.2, 0) is 45.3 Å². The van der Waals surface area contributed by atoms with Crippen molar-refractivity contribution in [1.82, 2.24) is 4.90 Å². The second-order valence-electron chi connectivity index (χ2n) is 11.1. The number of likely N-dealkylation sites (N-methyl/N-ethyl adjacent to an activating group) is 1. The summed E-state index contributed by atoms with van der Waals surface area (Å²) in [5.74, 6) is -7.01. The van der Waals surface area contributed by atoms with E-state index in [-0.39, 0.29) is 29.7 Å². The van der Waals surface area contributed by atoms with Crippen LogP contribution < -0.4 is 16.2 Å². The zero-order chi connectivity index (χ0) is 33.6. The van der Waals surface area contributed by atoms with Crippen molar-refractivity contribution in [3.8, 4) is 11.5 Å². The van der Waals surface area contributed by atoms with E-state index in [4.69, 9.17) is 45.8 Å². The maximum Gasteiger partial charge on any atom is 0.490 e. The lowest BCUT2D eigenvalue weighted by molar-refractivity contribution is -0.207. The van der Waals surface area contributed by atoms with Gasteiger partial charge < -0.3 is 46.1 Å². The van der Waals surface area contributed by atoms with Gasteiger partial charge in [-0.3, -0.25) is 19.3 Å². The highest BCUT2D eigenvalue weighted by molar-refractivity contribution is 5.84. The van der Waals surface area contributed by atoms with Gasteiger partial charge in [0, 0.05) is 12.0 Å². The molecule has 1 aromatic carbocycles. The molecule has 0 aromatic heterocycles. The predicted octanol–water partition coefficient (Wildman–Crippen LogP) is 0.00130. The minimum atomic E-state index is -5.08. The average Bonchev–Trinajstić information content (AvgIpc) is 3.28. The van der Waals surface area contributed by atoms with Gasteiger partial charge >= 0.3 is 36.0 Å². The monoisotopic (exact) mass is 645 g/mol. The number of nitrogens with zero attached hydrogens (tertiary/aromatic N) is 1. The lowest BCUT2D eigenvalue weighted by Gasteiger charge is -2.62. The summed E-state index contributed by atoms with van der Waals surface area (Å²) < 4.78 is 49.8. The molecule has 5 rings (SSSR count). The standard InChI is InChI=1S/C25H29N3O10.C2HF3O2/c1-28-7-6-24-19-11-2-3-14(29)20(19)37-21(24)15(36-22(34)12(26)9-17(30)31)4-5-25(24,16(28)8-11)38-23(35)13(27)10-18(32)33;3-2(4,5)1(6)7/h2-4,12-13,16,21,29H,5-10,26-27H2,1H3,(H,30,31)(H,32,33);(H,6,7)/t12?,13?,16-,21+,24+,25-;/m1./s1. The summed E-state index contributed by atoms with van der Waals surface area (Å²) in [6, 6.07) is 0.0931. The van der Waals surface area contributed by atoms with Gasteiger partial charge in [0.25, 0.3) is 0 Å². The van der Waals surface area contributed by atoms with Gasteiger partial charge in [0.15, 0.2) is 17.6 Å². The fourth-order valence-electron chi connectivity index (χ4n) is 6.60. The summed E-state index contributed by atoms with van der Waals surface area (Å²) in [6.07, 6.45) is -4.91. The number of aliphatic carboxylic acids is 3. The van der Waals surface area contributed by atoms with E-state index in [0.29, 0.717) is 24.9 Å². The molecule has 15 nitrogen and oxygen atoms in total. The van der Waals surface area contributed by atoms with Crippen LogP contribution in [0.4, 0.5) is 13.2 Å². The molecule has 8 N–H and O–H groups in total. The molecule has 6 atom stereocenters. The molecule has 45 heavy (non-hydrogen) atoms. The third kappa shape index (κ3) is 5.75. The molecule has 1 spiro atoms. The number of hydrogen-bond acceptors (Lipinski definition) is 12. The topological polar surface area (TPSA) is 249 Å². The Balaban J connectivity index is 0.000000591. The van der Waals surface area contributed by atoms with Gasteiger partial charge in [-0.25, -0.2) is 9.59 Å². The number of carboxylic acids is 3. The number of alkyl halides is 3. The van der Waals surface area contributed by atoms with Gasteiger partial charge in [-0.05, 0) is 44.1 Å². The lowest BCUT2D eigenvalue weighted by Crippen LogP contribution is -2.76. The second kappa shape index (κ2) is 11.8. The molecular formula is C27H30F3N3O12. The smallest absolute Gasteiger partial charge is 0.490 e. The van der Waals surface area contributed by atoms with Gasteiger partial charge in [-0.15, -0.1) is 0 Å². The number of ether oxygens (including phenoxy) is 3. The molecule has 18 heteroatoms. The van der Waals surface area contributed by atoms with E-state index in [2.05, 4.69) is 4.90 Å². The van der Waals surface area contributed by atoms with Crippen LogP contribution in [-0.4, -0.2) is 105 Å². The maximum atomic E-state index is 13.2. The zero-order valence-electron chi connectivity index (χ0n) is 23.6. The summed E-state index contributed by atoms with van der Waals surface area (Å²) in [5.41, 5.74) is 10.7. The Morgan fingerprint density at radius 3 is 2.20 bits per heavy atom. The van der Waals surface area contributed by atoms with Crippen LogP contribution in [0.3, 0.4) is 0 Å². The van der Waals surface area contributed by atoms with Crippen molar-refractivity contribution >= 4 is 29.8 Å². The summed E-state index contributed by atoms with van der Waals surface area (Å²) in [5, 5.41) is 36.0. The van der Waals surface area contributed by atoms with E-state index in [1.165, 1.54) is 6.07 Å². The highest BCUT2D eigenvalue weighted by Crippen LogP contribution is 2.66. The quantitative estimate of drug-likeness (QED) is 0.204. The first-order valence-electron chi connectivity index (χ1n) is 13.5. The fourth-order valence-corrected chi connectivity index (χ4v) is 6.60. The molecule has 246 valence electrons. The van der Waals surface area contributed by atoms with Crippen molar-refractivity contribution < 1.29 is 71.8 Å². The molecule has 2 aliphatic carbocycles. The number of rotatable bonds is 8. The summed E-state index contributed by atoms with van der Waals surface area (Å²) in [6.45, 7) is 0.555. The number of phenols is 1. The largest absolute Gasteiger partial charge is 0.504 e. The summed E-state index contributed by atoms with van der Waals surface area (Å²) in [7, 11) is 1.89. The normalized spacial score (nSPS) is 27.3. The molecule has 0 amide bonds. The number of nitrogens with two attached hydrogens (primary N) is 2. The summed E-state index contributed by atoms with van der Waals surface area (Å²) in [4.78, 5) is 59.1. The zero-order valence-corrected chi connectivity index (χ0v) is 23.6. The third-order valence-electron chi connectivity index (χ3n) is 8.45. The number of aromatic hydroxyl groups is 1. The van der Waals surface area contributed by atoms with Crippen LogP contribution in [0.5, 0.6) is 11.5 Å². The van der Waals surface area contributed by atoms with Crippen molar-refractivity contribution in [3.63, 3.8) is 0 Å². The first-order chi connectivity index (χ1) is 20.9. The van der Waals surface area contributed by atoms with E-state index < -0.39 is 78.1 Å². The van der Waals surface area contributed by atoms with Crippen molar-refractivity contribution in [2.75, 3.05) is 13.6 Å². The lowest BCUT2D eigenvalue weighted by atomic mass is 9.50. The fraction of sp³-hybridized carbons (Fsp3) is 0.519. The van der Waals surface area contributed by atoms with Crippen molar-refractivity contribution in [3.05, 3.63) is 35.1 Å². The van der Waals surface area contributed by atoms with Crippen LogP contribution in [0, 0.1) is 0 Å². The number of piperidine rings is 1. The van der Waals surface area contributed by atoms with Crippen LogP contribution in [0.2, 0.25) is 0 Å². The number of esters is 2. The Hall–Kier alpha value is -4.42. The van der Waals surface area contributed by atoms with Gasteiger partial charge in [0.2, 0.25) is 0 Å². The number of benzene rings is 1. The summed E-state index contributed by atoms with van der Waals surface area (Å²) >= 11 is 0. The Bertz CT molecular complexity index is 1470. The number of carbonyl (C=O) groups excluding carboxylic acids is 2. The number of halogens is 3. The molecule has 0 saturated carbocycles. The van der Waals surface area contributed by atoms with E-state index >= 15 is 0 Å². The van der Waals surface area contributed by atoms with Crippen LogP contribution in [0.15, 0.2) is 24.0 Å². The van der Waals surface area contributed by atoms with E-state index in [0.717, 1.165) is 5.56 Å². The number of hydrogen-bond donors (Lipinski definition) is 6. The van der Waals surface area contributed by atoms with Gasteiger partial charge in [0.1, 0.15) is 23.4 Å². The first kappa shape index (κ1) is 33.5. The average molecular weight is 646 g/mol. The minimum absolute atomic E-state index is 0.0682. The Morgan fingerprint density at radius 2 is 1.64 bits per heavy atom. The van der Waals surface area contributed by atoms with Crippen molar-refractivity contribution in [1.29, 1.82) is 0 Å². The second-order valence-corrected chi connectivity index (χ2v) is 11.1. The van der Waals surface area contributed by atoms with Gasteiger partial charge in [0.05, 0.1) is 24.3 Å². The molecule has 0 radical (unpaired) electrons. The predicted molar refractivity (Wildman–Crippen MR) is 141 cm³/mol. The SMILES string of the molecule is CN1CC[C@]23c4c5ccc(O)c4O[C@H]2C(OC(=O)C(N)CC(=O)O)=CC[C@@]3(OC(=O)C(N)CC(=O)O)[C@H]1C5.O=C(O)C(F)(F)F. The number of phenolic OH excluding ortho intramolecular Hbond substituents is 1. The Labute approximate surface area is 252 Å². The molecule has 2 bridgehead atoms. The molecule has 1 fully saturated rings. The Kier molecular flexibility index (Phi) is 8.80. The molecule has 2 heterocycles.